The van der Waals surface area contributed by atoms with Gasteiger partial charge in [0.1, 0.15) is 5.75 Å². The van der Waals surface area contributed by atoms with Crippen LogP contribution in [0.2, 0.25) is 0 Å². The zero-order chi connectivity index (χ0) is 14.4. The maximum Gasteiger partial charge on any atom is 2.00 e. The number of hydrogen-bond donors (Lipinski definition) is 0. The van der Waals surface area contributed by atoms with E-state index in [4.69, 9.17) is 4.74 Å². The van der Waals surface area contributed by atoms with Gasteiger partial charge in [-0.05, 0) is 25.0 Å². The monoisotopic (exact) mass is 320 g/mol. The van der Waals surface area contributed by atoms with Crippen molar-refractivity contribution in [2.45, 2.75) is 13.8 Å². The van der Waals surface area contributed by atoms with Gasteiger partial charge < -0.3 is 4.74 Å². The first-order valence-corrected chi connectivity index (χ1v) is 6.76. The number of aryl methyl sites for hydroxylation is 2. The minimum absolute atomic E-state index is 0. The molecule has 0 fully saturated rings. The predicted molar refractivity (Wildman–Crippen MR) is 85.5 cm³/mol. The SMILES string of the molecule is COc1c(C)cc(-c2ccc[cH-]2)cc1C.[Fe+2].c1cc[cH-]c1. The van der Waals surface area contributed by atoms with E-state index in [9.17, 15) is 0 Å². The van der Waals surface area contributed by atoms with Crippen molar-refractivity contribution in [3.8, 4) is 16.9 Å². The van der Waals surface area contributed by atoms with Crippen LogP contribution in [0.15, 0.2) is 66.7 Å². The van der Waals surface area contributed by atoms with E-state index in [1.807, 2.05) is 30.3 Å². The molecule has 1 nitrogen and oxygen atoms in total. The summed E-state index contributed by atoms with van der Waals surface area (Å²) in [5.74, 6) is 0.991. The van der Waals surface area contributed by atoms with Crippen molar-refractivity contribution in [3.63, 3.8) is 0 Å². The van der Waals surface area contributed by atoms with Gasteiger partial charge in [-0.2, -0.15) is 42.0 Å². The van der Waals surface area contributed by atoms with Crippen molar-refractivity contribution in [2.75, 3.05) is 7.11 Å². The summed E-state index contributed by atoms with van der Waals surface area (Å²) in [6.45, 7) is 4.16. The molecule has 3 aromatic rings. The average molecular weight is 320 g/mol. The third-order valence-corrected chi connectivity index (χ3v) is 3.22. The van der Waals surface area contributed by atoms with Gasteiger partial charge in [-0.15, -0.1) is 6.07 Å². The summed E-state index contributed by atoms with van der Waals surface area (Å²) in [5, 5.41) is 0. The van der Waals surface area contributed by atoms with Gasteiger partial charge in [0.2, 0.25) is 0 Å². The van der Waals surface area contributed by atoms with Crippen LogP contribution in [-0.2, 0) is 17.1 Å². The molecule has 2 heteroatoms. The van der Waals surface area contributed by atoms with Crippen molar-refractivity contribution in [2.24, 2.45) is 0 Å². The predicted octanol–water partition coefficient (Wildman–Crippen LogP) is 5.10. The molecule has 0 amide bonds. The maximum absolute atomic E-state index is 5.35. The molecule has 0 unspecified atom stereocenters. The summed E-state index contributed by atoms with van der Waals surface area (Å²) >= 11 is 0. The summed E-state index contributed by atoms with van der Waals surface area (Å²) in [6, 6.07) is 22.7. The minimum Gasteiger partial charge on any atom is -0.496 e. The van der Waals surface area contributed by atoms with Crippen LogP contribution in [-0.4, -0.2) is 7.11 Å². The van der Waals surface area contributed by atoms with E-state index in [1.54, 1.807) is 7.11 Å². The van der Waals surface area contributed by atoms with Gasteiger partial charge in [0.15, 0.2) is 0 Å². The number of benzene rings is 1. The molecule has 0 aliphatic rings. The van der Waals surface area contributed by atoms with Gasteiger partial charge in [0, 0.05) is 0 Å². The first-order valence-electron chi connectivity index (χ1n) is 6.76. The van der Waals surface area contributed by atoms with Crippen LogP contribution in [0.3, 0.4) is 0 Å². The third-order valence-electron chi connectivity index (χ3n) is 3.22. The molecule has 0 aliphatic heterocycles. The van der Waals surface area contributed by atoms with Crippen LogP contribution < -0.4 is 4.74 Å². The molecule has 0 radical (unpaired) electrons. The van der Waals surface area contributed by atoms with Crippen LogP contribution in [0, 0.1) is 13.8 Å². The molecule has 0 aromatic heterocycles. The van der Waals surface area contributed by atoms with E-state index in [-0.39, 0.29) is 17.1 Å². The summed E-state index contributed by atoms with van der Waals surface area (Å²) in [7, 11) is 1.72. The number of ether oxygens (including phenoxy) is 1. The van der Waals surface area contributed by atoms with E-state index in [0.29, 0.717) is 0 Å². The first-order chi connectivity index (χ1) is 9.72. The maximum atomic E-state index is 5.35. The topological polar surface area (TPSA) is 9.23 Å². The summed E-state index contributed by atoms with van der Waals surface area (Å²) in [6.07, 6.45) is 0. The van der Waals surface area contributed by atoms with Gasteiger partial charge in [-0.25, -0.2) is 12.1 Å². The summed E-state index contributed by atoms with van der Waals surface area (Å²) in [5.41, 5.74) is 4.90. The Hall–Kier alpha value is -1.76. The zero-order valence-corrected chi connectivity index (χ0v) is 13.7. The Balaban J connectivity index is 0.000000313. The summed E-state index contributed by atoms with van der Waals surface area (Å²) in [4.78, 5) is 0. The number of methoxy groups -OCH3 is 1. The Morgan fingerprint density at radius 2 is 1.52 bits per heavy atom. The van der Waals surface area contributed by atoms with E-state index in [0.717, 1.165) is 5.75 Å². The fourth-order valence-corrected chi connectivity index (χ4v) is 2.33. The van der Waals surface area contributed by atoms with Crippen LogP contribution in [0.5, 0.6) is 5.75 Å². The summed E-state index contributed by atoms with van der Waals surface area (Å²) < 4.78 is 5.35. The quantitative estimate of drug-likeness (QED) is 0.471. The largest absolute Gasteiger partial charge is 2.00 e. The molecule has 0 saturated carbocycles. The van der Waals surface area contributed by atoms with Gasteiger partial charge in [0.05, 0.1) is 7.11 Å². The van der Waals surface area contributed by atoms with Crippen LogP contribution in [0.1, 0.15) is 11.1 Å². The first kappa shape index (κ1) is 17.3. The molecule has 110 valence electrons. The molecular formula is C19H20FeO. The molecule has 0 saturated heterocycles. The van der Waals surface area contributed by atoms with Gasteiger partial charge in [-0.1, -0.05) is 17.7 Å². The molecule has 0 heterocycles. The third kappa shape index (κ3) is 4.63. The average Bonchev–Trinajstić information content (AvgIpc) is 3.15. The Kier molecular flexibility index (Phi) is 7.01. The Morgan fingerprint density at radius 1 is 0.905 bits per heavy atom. The Bertz CT molecular complexity index is 581. The molecule has 3 aromatic carbocycles. The molecule has 3 rings (SSSR count). The van der Waals surface area contributed by atoms with E-state index in [2.05, 4.69) is 50.2 Å². The fraction of sp³-hybridized carbons (Fsp3) is 0.158. The second-order valence-corrected chi connectivity index (χ2v) is 4.78. The molecular weight excluding hydrogens is 300 g/mol. The number of hydrogen-bond acceptors (Lipinski definition) is 1. The molecule has 21 heavy (non-hydrogen) atoms. The van der Waals surface area contributed by atoms with Gasteiger partial charge >= 0.3 is 17.1 Å². The van der Waals surface area contributed by atoms with Crippen LogP contribution in [0.25, 0.3) is 11.1 Å². The Labute approximate surface area is 137 Å². The normalized spacial score (nSPS) is 9.29. The molecule has 0 bridgehead atoms. The van der Waals surface area contributed by atoms with Crippen LogP contribution >= 0.6 is 0 Å². The van der Waals surface area contributed by atoms with Crippen molar-refractivity contribution in [1.29, 1.82) is 0 Å². The van der Waals surface area contributed by atoms with Gasteiger partial charge in [-0.3, -0.25) is 0 Å². The minimum atomic E-state index is 0. The smallest absolute Gasteiger partial charge is 0.496 e. The van der Waals surface area contributed by atoms with Crippen molar-refractivity contribution < 1.29 is 21.8 Å². The second-order valence-electron chi connectivity index (χ2n) is 4.78. The Morgan fingerprint density at radius 3 is 1.90 bits per heavy atom. The van der Waals surface area contributed by atoms with Crippen molar-refractivity contribution in [3.05, 3.63) is 77.9 Å². The van der Waals surface area contributed by atoms with Gasteiger partial charge in [0.25, 0.3) is 0 Å². The van der Waals surface area contributed by atoms with E-state index in [1.165, 1.54) is 22.3 Å². The van der Waals surface area contributed by atoms with Crippen molar-refractivity contribution in [1.82, 2.24) is 0 Å². The standard InChI is InChI=1S/C14H15O.C5H5.Fe/c1-10-8-13(12-6-4-5-7-12)9-11(2)14(10)15-3;1-2-4-5-3-1;/h4-9H,1-3H3;1-5H;/q2*-1;+2. The van der Waals surface area contributed by atoms with Crippen molar-refractivity contribution >= 4 is 0 Å². The molecule has 0 atom stereocenters. The van der Waals surface area contributed by atoms with Crippen LogP contribution in [0.4, 0.5) is 0 Å². The second kappa shape index (κ2) is 8.51. The van der Waals surface area contributed by atoms with E-state index >= 15 is 0 Å². The molecule has 0 spiro atoms. The number of rotatable bonds is 2. The molecule has 0 N–H and O–H groups in total. The zero-order valence-electron chi connectivity index (χ0n) is 12.6. The molecule has 0 aliphatic carbocycles. The fourth-order valence-electron chi connectivity index (χ4n) is 2.33. The van der Waals surface area contributed by atoms with E-state index < -0.39 is 0 Å².